The van der Waals surface area contributed by atoms with Crippen molar-refractivity contribution in [3.63, 3.8) is 0 Å². The molecule has 0 bridgehead atoms. The highest BCUT2D eigenvalue weighted by atomic mass is 32.2. The molecule has 1 aromatic carbocycles. The van der Waals surface area contributed by atoms with E-state index in [2.05, 4.69) is 15.2 Å². The third kappa shape index (κ3) is 4.90. The molecule has 1 amide bonds. The van der Waals surface area contributed by atoms with Crippen molar-refractivity contribution in [2.75, 3.05) is 19.9 Å². The van der Waals surface area contributed by atoms with E-state index in [1.165, 1.54) is 31.0 Å². The van der Waals surface area contributed by atoms with Gasteiger partial charge < -0.3 is 9.64 Å². The monoisotopic (exact) mass is 437 g/mol. The van der Waals surface area contributed by atoms with Gasteiger partial charge in [-0.1, -0.05) is 31.0 Å². The number of methoxy groups -OCH3 is 1. The van der Waals surface area contributed by atoms with Crippen LogP contribution >= 0.6 is 11.8 Å². The van der Waals surface area contributed by atoms with E-state index >= 15 is 0 Å². The molecule has 162 valence electrons. The lowest BCUT2D eigenvalue weighted by atomic mass is 9.94. The van der Waals surface area contributed by atoms with Crippen LogP contribution in [0.4, 0.5) is 0 Å². The zero-order valence-corrected chi connectivity index (χ0v) is 18.7. The predicted octanol–water partition coefficient (Wildman–Crippen LogP) is 4.22. The van der Waals surface area contributed by atoms with Gasteiger partial charge in [0.25, 0.3) is 0 Å². The maximum absolute atomic E-state index is 12.8. The van der Waals surface area contributed by atoms with Crippen molar-refractivity contribution in [2.24, 2.45) is 0 Å². The normalized spacial score (nSPS) is 14.4. The number of benzene rings is 1. The van der Waals surface area contributed by atoms with Crippen LogP contribution in [0.15, 0.2) is 53.9 Å². The summed E-state index contributed by atoms with van der Waals surface area (Å²) in [6.45, 7) is 0. The summed E-state index contributed by atoms with van der Waals surface area (Å²) in [6.07, 6.45) is 9.37. The minimum Gasteiger partial charge on any atom is -0.497 e. The first-order valence-electron chi connectivity index (χ1n) is 10.6. The average Bonchev–Trinajstić information content (AvgIpc) is 3.27. The lowest BCUT2D eigenvalue weighted by Gasteiger charge is -2.31. The van der Waals surface area contributed by atoms with Crippen LogP contribution in [0.5, 0.6) is 5.75 Å². The summed E-state index contributed by atoms with van der Waals surface area (Å²) in [5.41, 5.74) is 1.77. The molecule has 0 aliphatic heterocycles. The van der Waals surface area contributed by atoms with Gasteiger partial charge in [0, 0.05) is 36.7 Å². The molecule has 31 heavy (non-hydrogen) atoms. The van der Waals surface area contributed by atoms with E-state index in [0.717, 1.165) is 29.8 Å². The van der Waals surface area contributed by atoms with Crippen LogP contribution in [0.25, 0.3) is 17.1 Å². The van der Waals surface area contributed by atoms with Gasteiger partial charge in [0.15, 0.2) is 11.0 Å². The van der Waals surface area contributed by atoms with Gasteiger partial charge in [-0.3, -0.25) is 14.3 Å². The summed E-state index contributed by atoms with van der Waals surface area (Å²) < 4.78 is 7.26. The number of hydrogen-bond donors (Lipinski definition) is 0. The molecule has 1 saturated carbocycles. The maximum atomic E-state index is 12.8. The van der Waals surface area contributed by atoms with Crippen molar-refractivity contribution in [1.82, 2.24) is 24.6 Å². The smallest absolute Gasteiger partial charge is 0.233 e. The number of carbonyl (C=O) groups excluding carboxylic acids is 1. The third-order valence-corrected chi connectivity index (χ3v) is 6.64. The quantitative estimate of drug-likeness (QED) is 0.515. The van der Waals surface area contributed by atoms with Gasteiger partial charge in [0.05, 0.1) is 12.9 Å². The Morgan fingerprint density at radius 3 is 2.61 bits per heavy atom. The van der Waals surface area contributed by atoms with Gasteiger partial charge in [0.1, 0.15) is 5.75 Å². The molecule has 0 saturated heterocycles. The molecule has 0 atom stereocenters. The summed E-state index contributed by atoms with van der Waals surface area (Å²) in [5.74, 6) is 1.92. The highest BCUT2D eigenvalue weighted by Crippen LogP contribution is 2.29. The Morgan fingerprint density at radius 1 is 1.16 bits per heavy atom. The first-order valence-corrected chi connectivity index (χ1v) is 11.5. The molecule has 4 rings (SSSR count). The molecule has 1 aliphatic rings. The van der Waals surface area contributed by atoms with Crippen LogP contribution in [-0.2, 0) is 4.79 Å². The van der Waals surface area contributed by atoms with Crippen molar-refractivity contribution in [1.29, 1.82) is 0 Å². The van der Waals surface area contributed by atoms with E-state index in [1.807, 2.05) is 52.9 Å². The van der Waals surface area contributed by atoms with E-state index in [9.17, 15) is 4.79 Å². The van der Waals surface area contributed by atoms with Crippen LogP contribution in [0, 0.1) is 0 Å². The average molecular weight is 438 g/mol. The molecule has 0 radical (unpaired) electrons. The molecule has 7 nitrogen and oxygen atoms in total. The summed E-state index contributed by atoms with van der Waals surface area (Å²) in [4.78, 5) is 19.0. The number of amides is 1. The van der Waals surface area contributed by atoms with Crippen LogP contribution in [0.2, 0.25) is 0 Å². The zero-order valence-electron chi connectivity index (χ0n) is 17.9. The first-order chi connectivity index (χ1) is 15.2. The van der Waals surface area contributed by atoms with E-state index < -0.39 is 0 Å². The van der Waals surface area contributed by atoms with Gasteiger partial charge in [-0.15, -0.1) is 10.2 Å². The van der Waals surface area contributed by atoms with Crippen molar-refractivity contribution in [3.8, 4) is 22.8 Å². The van der Waals surface area contributed by atoms with Gasteiger partial charge in [-0.2, -0.15) is 0 Å². The first kappa shape index (κ1) is 21.4. The largest absolute Gasteiger partial charge is 0.497 e. The van der Waals surface area contributed by atoms with Gasteiger partial charge in [-0.05, 0) is 49.2 Å². The fourth-order valence-corrected chi connectivity index (χ4v) is 4.79. The predicted molar refractivity (Wildman–Crippen MR) is 122 cm³/mol. The number of thioether (sulfide) groups is 1. The number of carbonyl (C=O) groups is 1. The number of aromatic nitrogens is 4. The minimum absolute atomic E-state index is 0.129. The Morgan fingerprint density at radius 2 is 1.94 bits per heavy atom. The molecule has 2 heterocycles. The number of hydrogen-bond acceptors (Lipinski definition) is 6. The van der Waals surface area contributed by atoms with Crippen LogP contribution < -0.4 is 4.74 Å². The third-order valence-electron chi connectivity index (χ3n) is 5.72. The molecular weight excluding hydrogens is 410 g/mol. The fraction of sp³-hybridized carbons (Fsp3) is 0.391. The molecule has 1 aliphatic carbocycles. The second-order valence-corrected chi connectivity index (χ2v) is 8.61. The highest BCUT2D eigenvalue weighted by molar-refractivity contribution is 7.99. The summed E-state index contributed by atoms with van der Waals surface area (Å²) in [6, 6.07) is 11.9. The topological polar surface area (TPSA) is 73.1 Å². The van der Waals surface area contributed by atoms with E-state index in [1.54, 1.807) is 19.5 Å². The standard InChI is InChI=1S/C23H27N5O2S/c1-27(18-8-4-3-5-9-18)21(29)16-31-23-26-25-22(17-7-6-14-24-15-17)28(23)19-10-12-20(30-2)13-11-19/h6-7,10-15,18H,3-5,8-9,16H2,1-2H3. The Kier molecular flexibility index (Phi) is 6.86. The lowest BCUT2D eigenvalue weighted by molar-refractivity contribution is -0.129. The summed E-state index contributed by atoms with van der Waals surface area (Å²) >= 11 is 1.41. The van der Waals surface area contributed by atoms with Crippen molar-refractivity contribution >= 4 is 17.7 Å². The zero-order chi connectivity index (χ0) is 21.6. The molecule has 0 N–H and O–H groups in total. The summed E-state index contributed by atoms with van der Waals surface area (Å²) in [5, 5.41) is 9.49. The molecule has 1 fully saturated rings. The summed E-state index contributed by atoms with van der Waals surface area (Å²) in [7, 11) is 3.57. The number of rotatable bonds is 7. The Bertz CT molecular complexity index is 1000. The molecule has 3 aromatic rings. The van der Waals surface area contributed by atoms with Gasteiger partial charge >= 0.3 is 0 Å². The number of pyridine rings is 1. The SMILES string of the molecule is COc1ccc(-n2c(SCC(=O)N(C)C3CCCCC3)nnc2-c2cccnc2)cc1. The molecule has 0 unspecified atom stereocenters. The van der Waals surface area contributed by atoms with Crippen molar-refractivity contribution < 1.29 is 9.53 Å². The van der Waals surface area contributed by atoms with E-state index in [0.29, 0.717) is 22.8 Å². The Balaban J connectivity index is 1.58. The Hall–Kier alpha value is -2.87. The van der Waals surface area contributed by atoms with E-state index in [-0.39, 0.29) is 5.91 Å². The fourth-order valence-electron chi connectivity index (χ4n) is 3.91. The second-order valence-electron chi connectivity index (χ2n) is 7.67. The lowest BCUT2D eigenvalue weighted by Crippen LogP contribution is -2.39. The highest BCUT2D eigenvalue weighted by Gasteiger charge is 2.23. The van der Waals surface area contributed by atoms with Gasteiger partial charge in [0.2, 0.25) is 5.91 Å². The van der Waals surface area contributed by atoms with Crippen molar-refractivity contribution in [3.05, 3.63) is 48.8 Å². The number of ether oxygens (including phenoxy) is 1. The molecule has 8 heteroatoms. The van der Waals surface area contributed by atoms with Crippen LogP contribution in [0.1, 0.15) is 32.1 Å². The molecular formula is C23H27N5O2S. The molecule has 0 spiro atoms. The number of nitrogens with zero attached hydrogens (tertiary/aromatic N) is 5. The van der Waals surface area contributed by atoms with E-state index in [4.69, 9.17) is 4.74 Å². The Labute approximate surface area is 186 Å². The second kappa shape index (κ2) is 9.96. The van der Waals surface area contributed by atoms with Crippen molar-refractivity contribution in [2.45, 2.75) is 43.3 Å². The van der Waals surface area contributed by atoms with Crippen LogP contribution in [0.3, 0.4) is 0 Å². The van der Waals surface area contributed by atoms with Crippen LogP contribution in [-0.4, -0.2) is 56.5 Å². The minimum atomic E-state index is 0.129. The van der Waals surface area contributed by atoms with Gasteiger partial charge in [-0.25, -0.2) is 0 Å². The maximum Gasteiger partial charge on any atom is 0.233 e. The molecule has 2 aromatic heterocycles.